The Bertz CT molecular complexity index is 428. The van der Waals surface area contributed by atoms with E-state index in [1.54, 1.807) is 0 Å². The van der Waals surface area contributed by atoms with E-state index in [0.717, 1.165) is 37.9 Å². The van der Waals surface area contributed by atoms with Crippen LogP contribution in [-0.2, 0) is 19.3 Å². The molecule has 92 valence electrons. The largest absolute Gasteiger partial charge is 0.487 e. The monoisotopic (exact) mass is 234 g/mol. The molecule has 1 aliphatic carbocycles. The number of benzene rings is 1. The molecule has 1 aromatic rings. The summed E-state index contributed by atoms with van der Waals surface area (Å²) in [5.41, 5.74) is 3.72. The van der Waals surface area contributed by atoms with Crippen molar-refractivity contribution in [3.8, 4) is 5.75 Å². The molecule has 0 aromatic heterocycles. The molecular formula is C14H18O3. The van der Waals surface area contributed by atoms with Gasteiger partial charge in [-0.05, 0) is 48.8 Å². The molecule has 0 fully saturated rings. The first-order valence-electron chi connectivity index (χ1n) is 6.37. The van der Waals surface area contributed by atoms with Crippen LogP contribution in [0.3, 0.4) is 0 Å². The molecule has 1 aliphatic heterocycles. The van der Waals surface area contributed by atoms with E-state index in [1.807, 2.05) is 0 Å². The van der Waals surface area contributed by atoms with Crippen molar-refractivity contribution in [3.05, 3.63) is 28.8 Å². The maximum Gasteiger partial charge on any atom is 0.126 e. The van der Waals surface area contributed by atoms with E-state index in [1.165, 1.54) is 16.7 Å². The first-order chi connectivity index (χ1) is 8.28. The number of aryl methyl sites for hydroxylation is 1. The molecule has 1 heterocycles. The van der Waals surface area contributed by atoms with Gasteiger partial charge >= 0.3 is 0 Å². The maximum atomic E-state index is 9.68. The van der Waals surface area contributed by atoms with Crippen molar-refractivity contribution >= 4 is 0 Å². The van der Waals surface area contributed by atoms with Gasteiger partial charge in [-0.2, -0.15) is 0 Å². The first kappa shape index (κ1) is 11.1. The summed E-state index contributed by atoms with van der Waals surface area (Å²) in [4.78, 5) is 0. The molecule has 2 N–H and O–H groups in total. The van der Waals surface area contributed by atoms with Gasteiger partial charge in [-0.15, -0.1) is 0 Å². The van der Waals surface area contributed by atoms with E-state index >= 15 is 0 Å². The number of aliphatic hydroxyl groups is 2. The summed E-state index contributed by atoms with van der Waals surface area (Å²) >= 11 is 0. The Kier molecular flexibility index (Phi) is 2.81. The number of hydrogen-bond acceptors (Lipinski definition) is 3. The van der Waals surface area contributed by atoms with Crippen LogP contribution < -0.4 is 4.74 Å². The molecule has 0 spiro atoms. The molecule has 3 nitrogen and oxygen atoms in total. The van der Waals surface area contributed by atoms with E-state index in [0.29, 0.717) is 0 Å². The van der Waals surface area contributed by atoms with Crippen LogP contribution in [0.1, 0.15) is 29.5 Å². The Morgan fingerprint density at radius 3 is 2.82 bits per heavy atom. The fourth-order valence-electron chi connectivity index (χ4n) is 2.86. The number of fused-ring (bicyclic) bond motifs is 3. The van der Waals surface area contributed by atoms with Gasteiger partial charge in [0.05, 0.1) is 12.7 Å². The summed E-state index contributed by atoms with van der Waals surface area (Å²) in [6, 6.07) is 4.24. The van der Waals surface area contributed by atoms with Crippen LogP contribution in [0.2, 0.25) is 0 Å². The van der Waals surface area contributed by atoms with E-state index in [9.17, 15) is 10.2 Å². The van der Waals surface area contributed by atoms with Gasteiger partial charge in [0.2, 0.25) is 0 Å². The molecule has 3 rings (SSSR count). The third kappa shape index (κ3) is 1.94. The zero-order valence-corrected chi connectivity index (χ0v) is 9.85. The predicted molar refractivity (Wildman–Crippen MR) is 64.3 cm³/mol. The Morgan fingerprint density at radius 2 is 2.00 bits per heavy atom. The number of hydrogen-bond donors (Lipinski definition) is 2. The van der Waals surface area contributed by atoms with Crippen molar-refractivity contribution in [3.63, 3.8) is 0 Å². The van der Waals surface area contributed by atoms with E-state index in [2.05, 4.69) is 12.1 Å². The van der Waals surface area contributed by atoms with Gasteiger partial charge in [-0.25, -0.2) is 0 Å². The van der Waals surface area contributed by atoms with Crippen LogP contribution in [0.5, 0.6) is 5.75 Å². The Balaban J connectivity index is 1.99. The molecule has 1 aromatic carbocycles. The molecule has 2 unspecified atom stereocenters. The lowest BCUT2D eigenvalue weighted by Gasteiger charge is -2.30. The first-order valence-corrected chi connectivity index (χ1v) is 6.37. The summed E-state index contributed by atoms with van der Waals surface area (Å²) in [5.74, 6) is 0.986. The highest BCUT2D eigenvalue weighted by atomic mass is 16.5. The highest BCUT2D eigenvalue weighted by Gasteiger charge is 2.26. The van der Waals surface area contributed by atoms with Crippen molar-refractivity contribution in [2.45, 2.75) is 44.3 Å². The second-order valence-corrected chi connectivity index (χ2v) is 5.05. The van der Waals surface area contributed by atoms with Gasteiger partial charge in [-0.3, -0.25) is 0 Å². The van der Waals surface area contributed by atoms with E-state index in [-0.39, 0.29) is 18.8 Å². The SMILES string of the molecule is OCC1CCc2ccc3c(c2O1)CCC(O)C3. The second kappa shape index (κ2) is 4.31. The topological polar surface area (TPSA) is 49.7 Å². The van der Waals surface area contributed by atoms with Crippen molar-refractivity contribution in [2.75, 3.05) is 6.61 Å². The van der Waals surface area contributed by atoms with Gasteiger partial charge in [0.25, 0.3) is 0 Å². The number of ether oxygens (including phenoxy) is 1. The highest BCUT2D eigenvalue weighted by molar-refractivity contribution is 5.49. The molecule has 17 heavy (non-hydrogen) atoms. The molecule has 0 amide bonds. The number of rotatable bonds is 1. The van der Waals surface area contributed by atoms with Gasteiger partial charge < -0.3 is 14.9 Å². The van der Waals surface area contributed by atoms with E-state index < -0.39 is 0 Å². The van der Waals surface area contributed by atoms with Gasteiger partial charge in [-0.1, -0.05) is 12.1 Å². The van der Waals surface area contributed by atoms with Crippen molar-refractivity contribution in [1.82, 2.24) is 0 Å². The van der Waals surface area contributed by atoms with Gasteiger partial charge in [0.15, 0.2) is 0 Å². The molecule has 0 bridgehead atoms. The average Bonchev–Trinajstić information content (AvgIpc) is 2.37. The summed E-state index contributed by atoms with van der Waals surface area (Å²) < 4.78 is 5.88. The minimum Gasteiger partial charge on any atom is -0.487 e. The Hall–Kier alpha value is -1.06. The summed E-state index contributed by atoms with van der Waals surface area (Å²) in [6.45, 7) is 0.0890. The van der Waals surface area contributed by atoms with Crippen LogP contribution in [0.25, 0.3) is 0 Å². The van der Waals surface area contributed by atoms with Gasteiger partial charge in [0.1, 0.15) is 11.9 Å². The van der Waals surface area contributed by atoms with Crippen molar-refractivity contribution in [1.29, 1.82) is 0 Å². The quantitative estimate of drug-likeness (QED) is 0.768. The molecule has 2 aliphatic rings. The lowest BCUT2D eigenvalue weighted by atomic mass is 9.86. The molecule has 0 saturated carbocycles. The van der Waals surface area contributed by atoms with Crippen LogP contribution >= 0.6 is 0 Å². The average molecular weight is 234 g/mol. The maximum absolute atomic E-state index is 9.68. The lowest BCUT2D eigenvalue weighted by Crippen LogP contribution is -2.28. The highest BCUT2D eigenvalue weighted by Crippen LogP contribution is 2.37. The normalized spacial score (nSPS) is 26.9. The Labute approximate surface area is 101 Å². The smallest absolute Gasteiger partial charge is 0.126 e. The molecule has 3 heteroatoms. The fraction of sp³-hybridized carbons (Fsp3) is 0.571. The zero-order valence-electron chi connectivity index (χ0n) is 9.85. The second-order valence-electron chi connectivity index (χ2n) is 5.05. The van der Waals surface area contributed by atoms with Crippen LogP contribution in [-0.4, -0.2) is 29.0 Å². The lowest BCUT2D eigenvalue weighted by molar-refractivity contribution is 0.0951. The molecule has 2 atom stereocenters. The van der Waals surface area contributed by atoms with Crippen LogP contribution in [0.15, 0.2) is 12.1 Å². The third-order valence-electron chi connectivity index (χ3n) is 3.85. The van der Waals surface area contributed by atoms with Gasteiger partial charge in [0, 0.05) is 0 Å². The zero-order chi connectivity index (χ0) is 11.8. The standard InChI is InChI=1S/C14H18O3/c15-8-12-5-3-9-1-2-10-7-11(16)4-6-13(10)14(9)17-12/h1-2,11-12,15-16H,3-8H2. The predicted octanol–water partition coefficient (Wildman–Crippen LogP) is 1.22. The van der Waals surface area contributed by atoms with Crippen LogP contribution in [0, 0.1) is 0 Å². The third-order valence-corrected chi connectivity index (χ3v) is 3.85. The number of aliphatic hydroxyl groups excluding tert-OH is 2. The van der Waals surface area contributed by atoms with Crippen molar-refractivity contribution < 1.29 is 14.9 Å². The van der Waals surface area contributed by atoms with Crippen LogP contribution in [0.4, 0.5) is 0 Å². The van der Waals surface area contributed by atoms with E-state index in [4.69, 9.17) is 4.74 Å². The molecular weight excluding hydrogens is 216 g/mol. The summed E-state index contributed by atoms with van der Waals surface area (Å²) in [7, 11) is 0. The molecule has 0 saturated heterocycles. The van der Waals surface area contributed by atoms with Crippen molar-refractivity contribution in [2.24, 2.45) is 0 Å². The summed E-state index contributed by atoms with van der Waals surface area (Å²) in [6.07, 6.45) is 4.05. The minimum atomic E-state index is -0.210. The Morgan fingerprint density at radius 1 is 1.18 bits per heavy atom. The minimum absolute atomic E-state index is 0.0548. The fourth-order valence-corrected chi connectivity index (χ4v) is 2.86. The summed E-state index contributed by atoms with van der Waals surface area (Å²) in [5, 5.41) is 18.9. The molecule has 0 radical (unpaired) electrons.